The van der Waals surface area contributed by atoms with Gasteiger partial charge >= 0.3 is 0 Å². The zero-order valence-corrected chi connectivity index (χ0v) is 13.1. The van der Waals surface area contributed by atoms with Crippen LogP contribution in [0, 0.1) is 0 Å². The monoisotopic (exact) mass is 305 g/mol. The van der Waals surface area contributed by atoms with Crippen molar-refractivity contribution in [1.82, 2.24) is 4.98 Å². The largest absolute Gasteiger partial charge is 0.372 e. The van der Waals surface area contributed by atoms with Gasteiger partial charge in [0.2, 0.25) is 0 Å². The Morgan fingerprint density at radius 3 is 2.72 bits per heavy atom. The Hall–Kier alpha value is -0.320. The van der Waals surface area contributed by atoms with E-state index in [4.69, 9.17) is 23.2 Å². The van der Waals surface area contributed by atoms with Crippen LogP contribution in [0.3, 0.4) is 0 Å². The minimum Gasteiger partial charge on any atom is -0.372 e. The van der Waals surface area contributed by atoms with E-state index in [1.54, 1.807) is 6.07 Å². The summed E-state index contributed by atoms with van der Waals surface area (Å²) in [6, 6.07) is 1.76. The number of thioether (sulfide) groups is 1. The summed E-state index contributed by atoms with van der Waals surface area (Å²) in [5, 5.41) is 4.15. The Morgan fingerprint density at radius 2 is 2.11 bits per heavy atom. The Balaban J connectivity index is 2.32. The van der Waals surface area contributed by atoms with Crippen molar-refractivity contribution in [1.29, 1.82) is 0 Å². The van der Waals surface area contributed by atoms with Crippen molar-refractivity contribution in [2.24, 2.45) is 0 Å². The fraction of sp³-hybridized carbons (Fsp3) is 0.583. The van der Waals surface area contributed by atoms with Gasteiger partial charge in [-0.15, -0.1) is 0 Å². The van der Waals surface area contributed by atoms with E-state index in [1.165, 1.54) is 0 Å². The van der Waals surface area contributed by atoms with E-state index in [-0.39, 0.29) is 4.75 Å². The highest BCUT2D eigenvalue weighted by atomic mass is 35.5. The molecule has 1 aliphatic heterocycles. The van der Waals surface area contributed by atoms with Crippen molar-refractivity contribution in [2.45, 2.75) is 18.6 Å². The third-order valence-corrected chi connectivity index (χ3v) is 4.74. The second-order valence-electron chi connectivity index (χ2n) is 4.90. The predicted octanol–water partition coefficient (Wildman–Crippen LogP) is 3.76. The fourth-order valence-corrected chi connectivity index (χ4v) is 3.74. The molecule has 0 aliphatic carbocycles. The van der Waals surface area contributed by atoms with Crippen molar-refractivity contribution in [3.05, 3.63) is 16.1 Å². The van der Waals surface area contributed by atoms with Crippen molar-refractivity contribution in [2.75, 3.05) is 36.1 Å². The first-order chi connectivity index (χ1) is 8.43. The number of hydrogen-bond donors (Lipinski definition) is 1. The number of nitrogens with one attached hydrogen (secondary N) is 1. The van der Waals surface area contributed by atoms with Gasteiger partial charge < -0.3 is 10.2 Å². The molecule has 0 amide bonds. The molecule has 0 aromatic carbocycles. The maximum atomic E-state index is 6.26. The minimum absolute atomic E-state index is 0.225. The standard InChI is InChI=1S/C12H17Cl2N3S/c1-12(2)7-17(4-5-18-12)11-9(14)6-8(13)10(15-3)16-11/h6H,4-5,7H2,1-3H3,(H,15,16). The summed E-state index contributed by atoms with van der Waals surface area (Å²) in [7, 11) is 1.81. The number of aromatic nitrogens is 1. The number of halogens is 2. The lowest BCUT2D eigenvalue weighted by atomic mass is 10.2. The van der Waals surface area contributed by atoms with Crippen LogP contribution in [0.4, 0.5) is 11.6 Å². The summed E-state index contributed by atoms with van der Waals surface area (Å²) >= 11 is 14.3. The highest BCUT2D eigenvalue weighted by Gasteiger charge is 2.29. The van der Waals surface area contributed by atoms with Gasteiger partial charge in [-0.1, -0.05) is 23.2 Å². The van der Waals surface area contributed by atoms with Crippen LogP contribution < -0.4 is 10.2 Å². The molecular formula is C12H17Cl2N3S. The summed E-state index contributed by atoms with van der Waals surface area (Å²) in [6.45, 7) is 6.39. The number of nitrogens with zero attached hydrogens (tertiary/aromatic N) is 2. The van der Waals surface area contributed by atoms with Gasteiger partial charge in [0.25, 0.3) is 0 Å². The maximum Gasteiger partial charge on any atom is 0.150 e. The van der Waals surface area contributed by atoms with Crippen LogP contribution in [-0.2, 0) is 0 Å². The maximum absolute atomic E-state index is 6.26. The van der Waals surface area contributed by atoms with Crippen LogP contribution in [0.25, 0.3) is 0 Å². The van der Waals surface area contributed by atoms with E-state index >= 15 is 0 Å². The third-order valence-electron chi connectivity index (χ3n) is 2.87. The van der Waals surface area contributed by atoms with Gasteiger partial charge in [0.1, 0.15) is 11.6 Å². The van der Waals surface area contributed by atoms with Gasteiger partial charge in [-0.05, 0) is 19.9 Å². The van der Waals surface area contributed by atoms with Crippen LogP contribution >= 0.6 is 35.0 Å². The molecule has 0 atom stereocenters. The predicted molar refractivity (Wildman–Crippen MR) is 82.6 cm³/mol. The molecule has 1 aromatic rings. The van der Waals surface area contributed by atoms with Gasteiger partial charge in [-0.2, -0.15) is 11.8 Å². The van der Waals surface area contributed by atoms with E-state index in [0.717, 1.165) is 24.7 Å². The molecule has 18 heavy (non-hydrogen) atoms. The third kappa shape index (κ3) is 2.98. The van der Waals surface area contributed by atoms with E-state index in [0.29, 0.717) is 15.9 Å². The summed E-state index contributed by atoms with van der Waals surface area (Å²) in [4.78, 5) is 6.75. The molecule has 2 heterocycles. The molecule has 1 aliphatic rings. The first kappa shape index (κ1) is 14.1. The lowest BCUT2D eigenvalue weighted by Gasteiger charge is -2.38. The molecule has 0 spiro atoms. The molecule has 0 saturated carbocycles. The second kappa shape index (κ2) is 5.35. The molecule has 0 bridgehead atoms. The van der Waals surface area contributed by atoms with E-state index < -0.39 is 0 Å². The molecule has 1 saturated heterocycles. The summed E-state index contributed by atoms with van der Waals surface area (Å²) in [5.41, 5.74) is 0. The first-order valence-electron chi connectivity index (χ1n) is 5.85. The highest BCUT2D eigenvalue weighted by Crippen LogP contribution is 2.36. The summed E-state index contributed by atoms with van der Waals surface area (Å²) < 4.78 is 0.225. The molecular weight excluding hydrogens is 289 g/mol. The Labute approximate surface area is 122 Å². The Morgan fingerprint density at radius 1 is 1.39 bits per heavy atom. The van der Waals surface area contributed by atoms with Gasteiger partial charge in [-0.25, -0.2) is 4.98 Å². The molecule has 0 unspecified atom stereocenters. The minimum atomic E-state index is 0.225. The smallest absolute Gasteiger partial charge is 0.150 e. The molecule has 1 fully saturated rings. The number of hydrogen-bond acceptors (Lipinski definition) is 4. The van der Waals surface area contributed by atoms with E-state index in [2.05, 4.69) is 29.0 Å². The number of rotatable bonds is 2. The number of pyridine rings is 1. The van der Waals surface area contributed by atoms with Crippen LogP contribution in [0.2, 0.25) is 10.0 Å². The van der Waals surface area contributed by atoms with Crippen LogP contribution in [0.5, 0.6) is 0 Å². The quantitative estimate of drug-likeness (QED) is 0.900. The van der Waals surface area contributed by atoms with Gasteiger partial charge in [-0.3, -0.25) is 0 Å². The molecule has 1 aromatic heterocycles. The van der Waals surface area contributed by atoms with Crippen molar-refractivity contribution < 1.29 is 0 Å². The lowest BCUT2D eigenvalue weighted by molar-refractivity contribution is 0.642. The van der Waals surface area contributed by atoms with Gasteiger partial charge in [0, 0.05) is 30.6 Å². The zero-order valence-electron chi connectivity index (χ0n) is 10.8. The molecule has 2 rings (SSSR count). The summed E-state index contributed by atoms with van der Waals surface area (Å²) in [5.74, 6) is 2.58. The van der Waals surface area contributed by atoms with Crippen molar-refractivity contribution in [3.63, 3.8) is 0 Å². The molecule has 3 nitrogen and oxygen atoms in total. The normalized spacial score (nSPS) is 18.8. The second-order valence-corrected chi connectivity index (χ2v) is 7.52. The number of anilines is 2. The van der Waals surface area contributed by atoms with Crippen LogP contribution in [0.15, 0.2) is 6.07 Å². The van der Waals surface area contributed by atoms with Gasteiger partial charge in [0.15, 0.2) is 0 Å². The average molecular weight is 306 g/mol. The topological polar surface area (TPSA) is 28.2 Å². The van der Waals surface area contributed by atoms with Crippen LogP contribution in [-0.4, -0.2) is 35.6 Å². The molecule has 100 valence electrons. The highest BCUT2D eigenvalue weighted by molar-refractivity contribution is 8.00. The first-order valence-corrected chi connectivity index (χ1v) is 7.60. The Bertz CT molecular complexity index is 451. The SMILES string of the molecule is CNc1nc(N2CCSC(C)(C)C2)c(Cl)cc1Cl. The van der Waals surface area contributed by atoms with E-state index in [9.17, 15) is 0 Å². The Kier molecular flexibility index (Phi) is 4.19. The van der Waals surface area contributed by atoms with Crippen molar-refractivity contribution >= 4 is 46.6 Å². The lowest BCUT2D eigenvalue weighted by Crippen LogP contribution is -2.43. The molecule has 6 heteroatoms. The zero-order chi connectivity index (χ0) is 13.3. The average Bonchev–Trinajstić information content (AvgIpc) is 2.27. The van der Waals surface area contributed by atoms with Crippen LogP contribution in [0.1, 0.15) is 13.8 Å². The molecule has 1 N–H and O–H groups in total. The molecule has 0 radical (unpaired) electrons. The van der Waals surface area contributed by atoms with Crippen molar-refractivity contribution in [3.8, 4) is 0 Å². The summed E-state index contributed by atoms with van der Waals surface area (Å²) in [6.07, 6.45) is 0. The fourth-order valence-electron chi connectivity index (χ4n) is 2.05. The van der Waals surface area contributed by atoms with Gasteiger partial charge in [0.05, 0.1) is 10.0 Å². The van der Waals surface area contributed by atoms with E-state index in [1.807, 2.05) is 18.8 Å².